The van der Waals surface area contributed by atoms with Gasteiger partial charge in [0, 0.05) is 50.0 Å². The van der Waals surface area contributed by atoms with Crippen LogP contribution in [0.5, 0.6) is 5.75 Å². The van der Waals surface area contributed by atoms with Gasteiger partial charge in [-0.25, -0.2) is 4.79 Å². The van der Waals surface area contributed by atoms with Gasteiger partial charge in [0.25, 0.3) is 0 Å². The van der Waals surface area contributed by atoms with E-state index in [4.69, 9.17) is 4.74 Å². The fraction of sp³-hybridized carbons (Fsp3) is 0.385. The molecule has 1 atom stereocenters. The Morgan fingerprint density at radius 2 is 1.82 bits per heavy atom. The zero-order valence-corrected chi connectivity index (χ0v) is 19.1. The monoisotopic (exact) mass is 445 g/mol. The maximum absolute atomic E-state index is 13.5. The SMILES string of the molecule is Cn1cc(CN2CCC(N3C(=O)NCCOc4ccccc4C3c3ccccc3)CC2)cn1. The molecule has 33 heavy (non-hydrogen) atoms. The second-order valence-electron chi connectivity index (χ2n) is 8.87. The van der Waals surface area contributed by atoms with E-state index in [-0.39, 0.29) is 18.1 Å². The molecule has 1 saturated heterocycles. The maximum Gasteiger partial charge on any atom is 0.318 e. The summed E-state index contributed by atoms with van der Waals surface area (Å²) in [6.07, 6.45) is 5.87. The first kappa shape index (κ1) is 21.5. The second-order valence-corrected chi connectivity index (χ2v) is 8.87. The summed E-state index contributed by atoms with van der Waals surface area (Å²) in [5.41, 5.74) is 3.37. The highest BCUT2D eigenvalue weighted by Gasteiger charge is 2.36. The standard InChI is InChI=1S/C26H31N5O2/c1-29-18-20(17-28-29)19-30-14-11-22(12-15-30)31-25(21-7-3-2-4-8-21)23-9-5-6-10-24(23)33-16-13-27-26(31)32/h2-10,17-18,22,25H,11-16,19H2,1H3,(H,27,32). The van der Waals surface area contributed by atoms with Crippen molar-refractivity contribution in [2.45, 2.75) is 31.5 Å². The molecule has 0 aliphatic carbocycles. The van der Waals surface area contributed by atoms with Crippen LogP contribution in [0.15, 0.2) is 67.0 Å². The summed E-state index contributed by atoms with van der Waals surface area (Å²) >= 11 is 0. The highest BCUT2D eigenvalue weighted by atomic mass is 16.5. The van der Waals surface area contributed by atoms with E-state index in [2.05, 4.69) is 44.6 Å². The number of hydrogen-bond acceptors (Lipinski definition) is 4. The molecule has 2 aliphatic rings. The number of fused-ring (bicyclic) bond motifs is 1. The third-order valence-corrected chi connectivity index (χ3v) is 6.59. The van der Waals surface area contributed by atoms with Gasteiger partial charge in [-0.2, -0.15) is 5.10 Å². The maximum atomic E-state index is 13.5. The summed E-state index contributed by atoms with van der Waals surface area (Å²) in [6, 6.07) is 18.4. The van der Waals surface area contributed by atoms with Crippen LogP contribution in [-0.2, 0) is 13.6 Å². The van der Waals surface area contributed by atoms with Crippen LogP contribution in [0.25, 0.3) is 0 Å². The van der Waals surface area contributed by atoms with E-state index >= 15 is 0 Å². The number of aryl methyl sites for hydroxylation is 1. The lowest BCUT2D eigenvalue weighted by atomic mass is 9.92. The van der Waals surface area contributed by atoms with Gasteiger partial charge in [0.1, 0.15) is 12.4 Å². The molecule has 1 aromatic heterocycles. The van der Waals surface area contributed by atoms with Gasteiger partial charge in [-0.1, -0.05) is 48.5 Å². The summed E-state index contributed by atoms with van der Waals surface area (Å²) in [7, 11) is 1.95. The van der Waals surface area contributed by atoms with Crippen LogP contribution in [0.1, 0.15) is 35.6 Å². The molecule has 1 N–H and O–H groups in total. The number of likely N-dealkylation sites (tertiary alicyclic amines) is 1. The Balaban J connectivity index is 1.44. The van der Waals surface area contributed by atoms with Gasteiger partial charge < -0.3 is 15.0 Å². The molecule has 2 aromatic carbocycles. The molecule has 3 heterocycles. The third kappa shape index (κ3) is 4.73. The molecule has 1 unspecified atom stereocenters. The fourth-order valence-electron chi connectivity index (χ4n) is 5.03. The average Bonchev–Trinajstić information content (AvgIpc) is 3.28. The predicted molar refractivity (Wildman–Crippen MR) is 127 cm³/mol. The number of carbonyl (C=O) groups is 1. The Labute approximate surface area is 195 Å². The number of hydrogen-bond donors (Lipinski definition) is 1. The second kappa shape index (κ2) is 9.67. The van der Waals surface area contributed by atoms with Crippen LogP contribution in [0.2, 0.25) is 0 Å². The van der Waals surface area contributed by atoms with Gasteiger partial charge in [-0.3, -0.25) is 9.58 Å². The topological polar surface area (TPSA) is 62.6 Å². The Bertz CT molecular complexity index is 1080. The van der Waals surface area contributed by atoms with Crippen LogP contribution in [-0.4, -0.2) is 57.9 Å². The van der Waals surface area contributed by atoms with Gasteiger partial charge in [0.2, 0.25) is 0 Å². The van der Waals surface area contributed by atoms with Crippen molar-refractivity contribution in [1.82, 2.24) is 24.9 Å². The summed E-state index contributed by atoms with van der Waals surface area (Å²) in [5, 5.41) is 7.39. The first-order valence-corrected chi connectivity index (χ1v) is 11.7. The normalized spacial score (nSPS) is 20.2. The van der Waals surface area contributed by atoms with Crippen molar-refractivity contribution >= 4 is 6.03 Å². The smallest absolute Gasteiger partial charge is 0.318 e. The molecular formula is C26H31N5O2. The number of benzene rings is 2. The Kier molecular flexibility index (Phi) is 6.30. The van der Waals surface area contributed by atoms with E-state index in [1.807, 2.05) is 54.3 Å². The quantitative estimate of drug-likeness (QED) is 0.667. The Morgan fingerprint density at radius 3 is 2.58 bits per heavy atom. The lowest BCUT2D eigenvalue weighted by Crippen LogP contribution is -2.52. The van der Waals surface area contributed by atoms with E-state index in [0.717, 1.165) is 49.4 Å². The van der Waals surface area contributed by atoms with Crippen LogP contribution in [0.4, 0.5) is 4.79 Å². The van der Waals surface area contributed by atoms with Crippen molar-refractivity contribution in [3.8, 4) is 5.75 Å². The van der Waals surface area contributed by atoms with Crippen molar-refractivity contribution in [1.29, 1.82) is 0 Å². The molecule has 172 valence electrons. The van der Waals surface area contributed by atoms with Crippen molar-refractivity contribution in [2.75, 3.05) is 26.2 Å². The van der Waals surface area contributed by atoms with Crippen LogP contribution in [0, 0.1) is 0 Å². The molecule has 7 nitrogen and oxygen atoms in total. The van der Waals surface area contributed by atoms with E-state index in [0.29, 0.717) is 13.2 Å². The van der Waals surface area contributed by atoms with E-state index in [1.54, 1.807) is 0 Å². The van der Waals surface area contributed by atoms with Crippen molar-refractivity contribution in [2.24, 2.45) is 7.05 Å². The number of nitrogens with one attached hydrogen (secondary N) is 1. The summed E-state index contributed by atoms with van der Waals surface area (Å²) in [5.74, 6) is 0.849. The minimum absolute atomic E-state index is 0.0186. The predicted octanol–water partition coefficient (Wildman–Crippen LogP) is 3.58. The van der Waals surface area contributed by atoms with Crippen LogP contribution >= 0.6 is 0 Å². The third-order valence-electron chi connectivity index (χ3n) is 6.59. The number of rotatable bonds is 4. The molecular weight excluding hydrogens is 414 g/mol. The summed E-state index contributed by atoms with van der Waals surface area (Å²) in [4.78, 5) is 18.1. The number of urea groups is 1. The zero-order chi connectivity index (χ0) is 22.6. The number of nitrogens with zero attached hydrogens (tertiary/aromatic N) is 4. The molecule has 7 heteroatoms. The van der Waals surface area contributed by atoms with Gasteiger partial charge in [0.05, 0.1) is 18.8 Å². The minimum Gasteiger partial charge on any atom is -0.491 e. The summed E-state index contributed by atoms with van der Waals surface area (Å²) in [6.45, 7) is 3.74. The molecule has 3 aromatic rings. The van der Waals surface area contributed by atoms with E-state index < -0.39 is 0 Å². The first-order valence-electron chi connectivity index (χ1n) is 11.7. The molecule has 1 fully saturated rings. The number of carbonyl (C=O) groups excluding carboxylic acids is 1. The van der Waals surface area contributed by atoms with E-state index in [9.17, 15) is 4.79 Å². The number of amides is 2. The Morgan fingerprint density at radius 1 is 1.06 bits per heavy atom. The highest BCUT2D eigenvalue weighted by molar-refractivity contribution is 5.76. The molecule has 5 rings (SSSR count). The number of ether oxygens (including phenoxy) is 1. The molecule has 0 bridgehead atoms. The molecule has 2 aliphatic heterocycles. The van der Waals surface area contributed by atoms with Gasteiger partial charge in [-0.05, 0) is 24.5 Å². The zero-order valence-electron chi connectivity index (χ0n) is 19.1. The van der Waals surface area contributed by atoms with E-state index in [1.165, 1.54) is 5.56 Å². The van der Waals surface area contributed by atoms with Gasteiger partial charge in [0.15, 0.2) is 0 Å². The van der Waals surface area contributed by atoms with Gasteiger partial charge >= 0.3 is 6.03 Å². The van der Waals surface area contributed by atoms with Crippen LogP contribution < -0.4 is 10.1 Å². The first-order chi connectivity index (χ1) is 16.2. The van der Waals surface area contributed by atoms with Gasteiger partial charge in [-0.15, -0.1) is 0 Å². The largest absolute Gasteiger partial charge is 0.491 e. The molecule has 2 amide bonds. The molecule has 0 saturated carbocycles. The highest BCUT2D eigenvalue weighted by Crippen LogP contribution is 2.38. The lowest BCUT2D eigenvalue weighted by molar-refractivity contribution is 0.101. The van der Waals surface area contributed by atoms with Crippen molar-refractivity contribution in [3.05, 3.63) is 83.7 Å². The number of para-hydroxylation sites is 1. The fourth-order valence-corrected chi connectivity index (χ4v) is 5.03. The molecule has 0 spiro atoms. The molecule has 0 radical (unpaired) electrons. The Hall–Kier alpha value is -3.32. The lowest BCUT2D eigenvalue weighted by Gasteiger charge is -2.42. The average molecular weight is 446 g/mol. The number of piperidine rings is 1. The minimum atomic E-state index is -0.199. The summed E-state index contributed by atoms with van der Waals surface area (Å²) < 4.78 is 7.92. The number of aromatic nitrogens is 2. The van der Waals surface area contributed by atoms with Crippen LogP contribution in [0.3, 0.4) is 0 Å². The van der Waals surface area contributed by atoms with Crippen molar-refractivity contribution < 1.29 is 9.53 Å². The van der Waals surface area contributed by atoms with Crippen molar-refractivity contribution in [3.63, 3.8) is 0 Å².